The number of aliphatic hydroxyl groups excluding tert-OH is 14. The van der Waals surface area contributed by atoms with Crippen molar-refractivity contribution in [2.45, 2.75) is 226 Å². The fourth-order valence-corrected chi connectivity index (χ4v) is 16.0. The van der Waals surface area contributed by atoms with Gasteiger partial charge >= 0.3 is 0 Å². The summed E-state index contributed by atoms with van der Waals surface area (Å²) in [7, 11) is 0. The highest BCUT2D eigenvalue weighted by atomic mass is 16.8. The number of ether oxygens (including phenoxy) is 10. The highest BCUT2D eigenvalue weighted by molar-refractivity contribution is 5.17. The third kappa shape index (κ3) is 9.45. The smallest absolute Gasteiger partial charge is 0.187 e. The molecule has 14 N–H and O–H groups in total. The summed E-state index contributed by atoms with van der Waals surface area (Å²) >= 11 is 0. The molecule has 0 amide bonds. The summed E-state index contributed by atoms with van der Waals surface area (Å²) in [6.45, 7) is 6.70. The van der Waals surface area contributed by atoms with Gasteiger partial charge in [0.2, 0.25) is 0 Å². The van der Waals surface area contributed by atoms with Crippen molar-refractivity contribution >= 4 is 0 Å². The number of fused-ring (bicyclic) bond motifs is 7. The normalized spacial score (nSPS) is 58.6. The van der Waals surface area contributed by atoms with E-state index in [9.17, 15) is 71.5 Å². The number of hydrogen-bond acceptors (Lipinski definition) is 24. The van der Waals surface area contributed by atoms with Gasteiger partial charge in [-0.15, -0.1) is 0 Å². The zero-order valence-electron chi connectivity index (χ0n) is 42.4. The van der Waals surface area contributed by atoms with Gasteiger partial charge in [-0.05, 0) is 91.3 Å². The zero-order valence-corrected chi connectivity index (χ0v) is 42.4. The first-order valence-corrected chi connectivity index (χ1v) is 26.9. The molecule has 10 fully saturated rings. The largest absolute Gasteiger partial charge is 0.394 e. The monoisotopic (exact) mass is 1070 g/mol. The second-order valence-corrected chi connectivity index (χ2v) is 24.2. The van der Waals surface area contributed by atoms with Crippen LogP contribution in [0.15, 0.2) is 0 Å². The Kier molecular flexibility index (Phi) is 16.4. The summed E-state index contributed by atoms with van der Waals surface area (Å²) in [6, 6.07) is 0. The molecule has 10 aliphatic rings. The SMILES string of the molecule is CC1CCC2(OC1)OC1CC3C4CC(O)C5CC(OC6OC(CO)C(OC7OC(CO)C(O)C(O)C7OC7OC(CO)C(O)C(OC8OCC(O)C(O)C8O)C7O)C(O)C6O)C(O)CC5(C)C4CCC3(C)C1C2C. The maximum atomic E-state index is 12.1. The lowest BCUT2D eigenvalue weighted by atomic mass is 9.43. The number of aliphatic hydroxyl groups is 14. The van der Waals surface area contributed by atoms with Crippen LogP contribution in [0, 0.1) is 52.3 Å². The van der Waals surface area contributed by atoms with Crippen LogP contribution >= 0.6 is 0 Å². The minimum atomic E-state index is -2.04. The molecular weight excluding hydrogens is 985 g/mol. The highest BCUT2D eigenvalue weighted by Gasteiger charge is 2.70. The summed E-state index contributed by atoms with van der Waals surface area (Å²) in [5.41, 5.74) is -0.443. The Morgan fingerprint density at radius 3 is 1.81 bits per heavy atom. The van der Waals surface area contributed by atoms with Crippen LogP contribution in [-0.2, 0) is 47.4 Å². The van der Waals surface area contributed by atoms with E-state index in [-0.39, 0.29) is 41.6 Å². The molecule has 10 rings (SSSR count). The molecule has 426 valence electrons. The number of hydrogen-bond donors (Lipinski definition) is 14. The van der Waals surface area contributed by atoms with Gasteiger partial charge in [0, 0.05) is 12.3 Å². The van der Waals surface area contributed by atoms with Crippen LogP contribution in [0.5, 0.6) is 0 Å². The molecule has 1 spiro atoms. The third-order valence-corrected chi connectivity index (χ3v) is 20.0. The van der Waals surface area contributed by atoms with Crippen LogP contribution in [0.2, 0.25) is 0 Å². The zero-order chi connectivity index (χ0) is 53.1. The van der Waals surface area contributed by atoms with E-state index in [2.05, 4.69) is 27.7 Å². The predicted octanol–water partition coefficient (Wildman–Crippen LogP) is -4.33. The maximum Gasteiger partial charge on any atom is 0.187 e. The molecule has 0 radical (unpaired) electrons. The summed E-state index contributed by atoms with van der Waals surface area (Å²) in [5.74, 6) is 1.04. The molecule has 74 heavy (non-hydrogen) atoms. The van der Waals surface area contributed by atoms with Gasteiger partial charge in [0.25, 0.3) is 0 Å². The van der Waals surface area contributed by atoms with E-state index >= 15 is 0 Å². The highest BCUT2D eigenvalue weighted by Crippen LogP contribution is 2.71. The van der Waals surface area contributed by atoms with Gasteiger partial charge in [-0.25, -0.2) is 0 Å². The average Bonchev–Trinajstić information content (AvgIpc) is 3.86. The Balaban J connectivity index is 0.801. The van der Waals surface area contributed by atoms with Crippen LogP contribution < -0.4 is 0 Å². The fraction of sp³-hybridized carbons (Fsp3) is 1.00. The number of rotatable bonds is 11. The predicted molar refractivity (Wildman–Crippen MR) is 245 cm³/mol. The molecule has 6 heterocycles. The quantitative estimate of drug-likeness (QED) is 0.0870. The fourth-order valence-electron chi connectivity index (χ4n) is 16.0. The second kappa shape index (κ2) is 21.5. The van der Waals surface area contributed by atoms with E-state index in [1.54, 1.807) is 0 Å². The Labute approximate surface area is 429 Å². The molecule has 24 nitrogen and oxygen atoms in total. The molecule has 0 bridgehead atoms. The van der Waals surface area contributed by atoms with Crippen LogP contribution in [0.1, 0.15) is 79.1 Å². The van der Waals surface area contributed by atoms with Gasteiger partial charge < -0.3 is 119 Å². The molecule has 6 saturated heterocycles. The minimum Gasteiger partial charge on any atom is -0.394 e. The van der Waals surface area contributed by atoms with Gasteiger partial charge in [-0.1, -0.05) is 27.7 Å². The van der Waals surface area contributed by atoms with E-state index in [4.69, 9.17) is 47.4 Å². The lowest BCUT2D eigenvalue weighted by molar-refractivity contribution is -0.397. The van der Waals surface area contributed by atoms with Crippen molar-refractivity contribution in [3.8, 4) is 0 Å². The van der Waals surface area contributed by atoms with Crippen molar-refractivity contribution in [3.63, 3.8) is 0 Å². The van der Waals surface area contributed by atoms with Gasteiger partial charge in [0.05, 0.1) is 57.5 Å². The molecule has 0 aromatic heterocycles. The minimum absolute atomic E-state index is 0.0113. The van der Waals surface area contributed by atoms with Crippen LogP contribution in [0.25, 0.3) is 0 Å². The molecule has 4 saturated carbocycles. The van der Waals surface area contributed by atoms with Crippen molar-refractivity contribution in [2.75, 3.05) is 33.0 Å². The average molecular weight is 1070 g/mol. The van der Waals surface area contributed by atoms with E-state index in [1.807, 2.05) is 0 Å². The lowest BCUT2D eigenvalue weighted by Gasteiger charge is -2.63. The van der Waals surface area contributed by atoms with Crippen molar-refractivity contribution in [2.24, 2.45) is 52.3 Å². The van der Waals surface area contributed by atoms with Crippen molar-refractivity contribution in [1.82, 2.24) is 0 Å². The Hall–Kier alpha value is -0.960. The molecular formula is C50H82O24. The van der Waals surface area contributed by atoms with E-state index in [1.165, 1.54) is 0 Å². The first-order valence-electron chi connectivity index (χ1n) is 26.9. The molecule has 0 aromatic rings. The molecule has 33 atom stereocenters. The van der Waals surface area contributed by atoms with E-state index < -0.39 is 173 Å². The Morgan fingerprint density at radius 1 is 0.500 bits per heavy atom. The van der Waals surface area contributed by atoms with E-state index in [0.717, 1.165) is 32.1 Å². The topological polar surface area (TPSA) is 376 Å². The Morgan fingerprint density at radius 2 is 1.12 bits per heavy atom. The van der Waals surface area contributed by atoms with Gasteiger partial charge in [0.1, 0.15) is 91.6 Å². The summed E-state index contributed by atoms with van der Waals surface area (Å²) in [4.78, 5) is 0. The lowest BCUT2D eigenvalue weighted by Crippen LogP contribution is -2.68. The van der Waals surface area contributed by atoms with Crippen LogP contribution in [0.4, 0.5) is 0 Å². The van der Waals surface area contributed by atoms with Gasteiger partial charge in [0.15, 0.2) is 30.9 Å². The molecule has 33 unspecified atom stereocenters. The molecule has 0 aromatic carbocycles. The van der Waals surface area contributed by atoms with Crippen molar-refractivity contribution in [3.05, 3.63) is 0 Å². The van der Waals surface area contributed by atoms with Crippen molar-refractivity contribution < 1.29 is 119 Å². The Bertz CT molecular complexity index is 1900. The summed E-state index contributed by atoms with van der Waals surface area (Å²) in [6.07, 6.45) is -30.6. The van der Waals surface area contributed by atoms with Crippen molar-refractivity contribution in [1.29, 1.82) is 0 Å². The third-order valence-electron chi connectivity index (χ3n) is 20.0. The first kappa shape index (κ1) is 56.3. The first-order chi connectivity index (χ1) is 35.1. The molecule has 4 aliphatic carbocycles. The van der Waals surface area contributed by atoms with Gasteiger partial charge in [-0.3, -0.25) is 0 Å². The molecule has 24 heteroatoms. The van der Waals surface area contributed by atoms with Crippen LogP contribution in [-0.4, -0.2) is 251 Å². The molecule has 6 aliphatic heterocycles. The van der Waals surface area contributed by atoms with E-state index in [0.29, 0.717) is 37.2 Å². The maximum absolute atomic E-state index is 12.1. The standard InChI is InChI=1S/C50H82O24/c1-18-5-8-50(66-16-18)19(2)32-28(74-50)10-22-20-9-24(54)23-11-27(25(55)12-49(23,4)21(20)6-7-48(22,32)3)67-45-39(63)37(61)41(31(15-53)70-45)71-47-43(36(60)34(58)29(13-51)69-47)73-46-40(64)42(35(59)30(14-52)68-46)72-44-38(62)33(57)26(56)17-65-44/h18-47,51-64H,5-17H2,1-4H3. The summed E-state index contributed by atoms with van der Waals surface area (Å²) in [5, 5.41) is 153. The van der Waals surface area contributed by atoms with Gasteiger partial charge in [-0.2, -0.15) is 0 Å². The van der Waals surface area contributed by atoms with Crippen LogP contribution in [0.3, 0.4) is 0 Å². The second-order valence-electron chi connectivity index (χ2n) is 24.2. The summed E-state index contributed by atoms with van der Waals surface area (Å²) < 4.78 is 60.1.